The number of para-hydroxylation sites is 1. The number of amides is 1. The molecule has 1 aromatic carbocycles. The molecule has 2 N–H and O–H groups in total. The van der Waals surface area contributed by atoms with E-state index in [1.165, 1.54) is 0 Å². The van der Waals surface area contributed by atoms with Crippen molar-refractivity contribution in [2.75, 3.05) is 19.7 Å². The second-order valence-electron chi connectivity index (χ2n) is 7.91. The Morgan fingerprint density at radius 2 is 2.04 bits per heavy atom. The molecule has 1 amide bonds. The largest absolute Gasteiger partial charge is 0.493 e. The molecule has 0 spiro atoms. The molecule has 2 aromatic rings. The zero-order valence-electron chi connectivity index (χ0n) is 16.2. The number of ether oxygens (including phenoxy) is 1. The molecule has 1 saturated carbocycles. The highest BCUT2D eigenvalue weighted by Gasteiger charge is 2.37. The van der Waals surface area contributed by atoms with Crippen LogP contribution < -0.4 is 10.5 Å². The molecule has 4 rings (SSSR count). The number of piperidine rings is 1. The summed E-state index contributed by atoms with van der Waals surface area (Å²) < 4.78 is 11.2. The van der Waals surface area contributed by atoms with Gasteiger partial charge in [0.05, 0.1) is 24.5 Å². The first-order chi connectivity index (χ1) is 13.6. The summed E-state index contributed by atoms with van der Waals surface area (Å²) in [5, 5.41) is 4.16. The van der Waals surface area contributed by atoms with Crippen LogP contribution in [0, 0.1) is 0 Å². The molecule has 2 fully saturated rings. The molecule has 7 heteroatoms. The van der Waals surface area contributed by atoms with Gasteiger partial charge in [-0.15, -0.1) is 0 Å². The van der Waals surface area contributed by atoms with Crippen LogP contribution in [0.3, 0.4) is 0 Å². The second-order valence-corrected chi connectivity index (χ2v) is 7.91. The molecule has 1 aliphatic heterocycles. The molecular weight excluding hydrogens is 356 g/mol. The van der Waals surface area contributed by atoms with E-state index in [0.29, 0.717) is 31.3 Å². The first-order valence-electron chi connectivity index (χ1n) is 10.2. The van der Waals surface area contributed by atoms with Gasteiger partial charge in [0.15, 0.2) is 5.82 Å². The maximum atomic E-state index is 12.6. The minimum absolute atomic E-state index is 0.0824. The van der Waals surface area contributed by atoms with Crippen LogP contribution >= 0.6 is 0 Å². The van der Waals surface area contributed by atoms with E-state index < -0.39 is 5.54 Å². The number of hydrogen-bond donors (Lipinski definition) is 1. The zero-order valence-corrected chi connectivity index (χ0v) is 16.2. The highest BCUT2D eigenvalue weighted by atomic mass is 16.5. The van der Waals surface area contributed by atoms with Gasteiger partial charge in [0.25, 0.3) is 0 Å². The molecule has 0 radical (unpaired) electrons. The van der Waals surface area contributed by atoms with Gasteiger partial charge in [-0.05, 0) is 37.8 Å². The topological polar surface area (TPSA) is 94.5 Å². The van der Waals surface area contributed by atoms with Crippen LogP contribution in [-0.2, 0) is 10.3 Å². The van der Waals surface area contributed by atoms with Gasteiger partial charge in [0.1, 0.15) is 5.75 Å². The first kappa shape index (κ1) is 18.9. The molecule has 2 aliphatic rings. The lowest BCUT2D eigenvalue weighted by molar-refractivity contribution is -0.133. The number of benzene rings is 1. The molecular formula is C21H28N4O3. The van der Waals surface area contributed by atoms with E-state index in [4.69, 9.17) is 15.0 Å². The van der Waals surface area contributed by atoms with Crippen LogP contribution in [0.2, 0.25) is 0 Å². The molecule has 28 heavy (non-hydrogen) atoms. The Morgan fingerprint density at radius 1 is 1.25 bits per heavy atom. The van der Waals surface area contributed by atoms with Crippen molar-refractivity contribution in [2.45, 2.75) is 56.4 Å². The third-order valence-corrected chi connectivity index (χ3v) is 5.83. The van der Waals surface area contributed by atoms with E-state index in [2.05, 4.69) is 10.1 Å². The number of carbonyl (C=O) groups is 1. The SMILES string of the molecule is NC1(c2noc(C3CCCN(C(=O)CCOc4ccccc4)C3)n2)CCCC1. The van der Waals surface area contributed by atoms with Gasteiger partial charge < -0.3 is 19.9 Å². The zero-order chi connectivity index (χ0) is 19.4. The van der Waals surface area contributed by atoms with Gasteiger partial charge >= 0.3 is 0 Å². The fourth-order valence-corrected chi connectivity index (χ4v) is 4.17. The van der Waals surface area contributed by atoms with Gasteiger partial charge in [-0.25, -0.2) is 0 Å². The number of nitrogens with zero attached hydrogens (tertiary/aromatic N) is 3. The van der Waals surface area contributed by atoms with Crippen LogP contribution in [0.1, 0.15) is 62.6 Å². The summed E-state index contributed by atoms with van der Waals surface area (Å²) in [7, 11) is 0. The summed E-state index contributed by atoms with van der Waals surface area (Å²) in [6, 6.07) is 9.56. The third-order valence-electron chi connectivity index (χ3n) is 5.83. The van der Waals surface area contributed by atoms with E-state index in [1.807, 2.05) is 35.2 Å². The summed E-state index contributed by atoms with van der Waals surface area (Å²) in [5.41, 5.74) is 5.99. The van der Waals surface area contributed by atoms with Crippen LogP contribution in [0.25, 0.3) is 0 Å². The van der Waals surface area contributed by atoms with Gasteiger partial charge in [-0.2, -0.15) is 4.98 Å². The molecule has 1 aromatic heterocycles. The summed E-state index contributed by atoms with van der Waals surface area (Å²) in [6.45, 7) is 1.76. The highest BCUT2D eigenvalue weighted by molar-refractivity contribution is 5.76. The van der Waals surface area contributed by atoms with Crippen molar-refractivity contribution in [1.29, 1.82) is 0 Å². The normalized spacial score (nSPS) is 21.6. The average Bonchev–Trinajstić information content (AvgIpc) is 3.39. The van der Waals surface area contributed by atoms with Crippen LogP contribution in [0.15, 0.2) is 34.9 Å². The van der Waals surface area contributed by atoms with Gasteiger partial charge in [0.2, 0.25) is 11.8 Å². The van der Waals surface area contributed by atoms with Gasteiger partial charge in [0, 0.05) is 13.1 Å². The summed E-state index contributed by atoms with van der Waals surface area (Å²) in [4.78, 5) is 19.1. The molecule has 7 nitrogen and oxygen atoms in total. The van der Waals surface area contributed by atoms with E-state index in [0.717, 1.165) is 50.8 Å². The number of rotatable bonds is 6. The summed E-state index contributed by atoms with van der Waals surface area (Å²) >= 11 is 0. The van der Waals surface area contributed by atoms with Crippen molar-refractivity contribution in [3.05, 3.63) is 42.0 Å². The van der Waals surface area contributed by atoms with Crippen LogP contribution in [-0.4, -0.2) is 40.6 Å². The Balaban J connectivity index is 1.31. The molecule has 1 unspecified atom stereocenters. The van der Waals surface area contributed by atoms with E-state index in [1.54, 1.807) is 0 Å². The van der Waals surface area contributed by atoms with Crippen molar-refractivity contribution in [2.24, 2.45) is 5.73 Å². The van der Waals surface area contributed by atoms with E-state index in [9.17, 15) is 4.79 Å². The number of likely N-dealkylation sites (tertiary alicyclic amines) is 1. The number of nitrogens with two attached hydrogens (primary N) is 1. The number of carbonyl (C=O) groups excluding carboxylic acids is 1. The summed E-state index contributed by atoms with van der Waals surface area (Å²) in [5.74, 6) is 2.21. The lowest BCUT2D eigenvalue weighted by Crippen LogP contribution is -2.39. The Bertz CT molecular complexity index is 786. The molecule has 0 bridgehead atoms. The van der Waals surface area contributed by atoms with Crippen molar-refractivity contribution < 1.29 is 14.1 Å². The minimum Gasteiger partial charge on any atom is -0.493 e. The lowest BCUT2D eigenvalue weighted by atomic mass is 9.96. The van der Waals surface area contributed by atoms with Gasteiger partial charge in [-0.3, -0.25) is 4.79 Å². The Labute approximate surface area is 165 Å². The Hall–Kier alpha value is -2.41. The molecule has 2 heterocycles. The Morgan fingerprint density at radius 3 is 2.82 bits per heavy atom. The van der Waals surface area contributed by atoms with Gasteiger partial charge in [-0.1, -0.05) is 36.2 Å². The van der Waals surface area contributed by atoms with Crippen molar-refractivity contribution in [1.82, 2.24) is 15.0 Å². The second kappa shape index (κ2) is 8.31. The summed E-state index contributed by atoms with van der Waals surface area (Å²) in [6.07, 6.45) is 6.27. The quantitative estimate of drug-likeness (QED) is 0.823. The Kier molecular flexibility index (Phi) is 5.62. The van der Waals surface area contributed by atoms with Crippen molar-refractivity contribution in [3.8, 4) is 5.75 Å². The monoisotopic (exact) mass is 384 g/mol. The van der Waals surface area contributed by atoms with Crippen LogP contribution in [0.4, 0.5) is 0 Å². The van der Waals surface area contributed by atoms with Crippen LogP contribution in [0.5, 0.6) is 5.75 Å². The smallest absolute Gasteiger partial charge is 0.231 e. The van der Waals surface area contributed by atoms with E-state index >= 15 is 0 Å². The lowest BCUT2D eigenvalue weighted by Gasteiger charge is -2.31. The maximum absolute atomic E-state index is 12.6. The fraction of sp³-hybridized carbons (Fsp3) is 0.571. The predicted molar refractivity (Wildman–Crippen MR) is 104 cm³/mol. The molecule has 1 atom stereocenters. The molecule has 1 aliphatic carbocycles. The van der Waals surface area contributed by atoms with Crippen molar-refractivity contribution >= 4 is 5.91 Å². The minimum atomic E-state index is -0.444. The van der Waals surface area contributed by atoms with E-state index in [-0.39, 0.29) is 11.8 Å². The standard InChI is InChI=1S/C21H28N4O3/c22-21(11-4-5-12-21)20-23-19(28-24-20)16-7-6-13-25(15-16)18(26)10-14-27-17-8-2-1-3-9-17/h1-3,8-9,16H,4-7,10-15,22H2. The fourth-order valence-electron chi connectivity index (χ4n) is 4.17. The number of hydrogen-bond acceptors (Lipinski definition) is 6. The predicted octanol–water partition coefficient (Wildman–Crippen LogP) is 2.97. The molecule has 150 valence electrons. The maximum Gasteiger partial charge on any atom is 0.231 e. The van der Waals surface area contributed by atoms with Crippen molar-refractivity contribution in [3.63, 3.8) is 0 Å². The average molecular weight is 384 g/mol. The number of aromatic nitrogens is 2. The third kappa shape index (κ3) is 4.19. The highest BCUT2D eigenvalue weighted by Crippen LogP contribution is 2.36. The molecule has 1 saturated heterocycles. The first-order valence-corrected chi connectivity index (χ1v) is 10.2.